The number of rotatable bonds is 1. The monoisotopic (exact) mass is 257 g/mol. The van der Waals surface area contributed by atoms with Gasteiger partial charge in [0.2, 0.25) is 0 Å². The van der Waals surface area contributed by atoms with Gasteiger partial charge in [0.1, 0.15) is 0 Å². The smallest absolute Gasteiger partial charge is 0.316 e. The summed E-state index contributed by atoms with van der Waals surface area (Å²) >= 11 is 11.3. The van der Waals surface area contributed by atoms with Gasteiger partial charge in [0, 0.05) is 24.0 Å². The van der Waals surface area contributed by atoms with E-state index in [1.165, 1.54) is 5.56 Å². The van der Waals surface area contributed by atoms with Crippen molar-refractivity contribution in [3.8, 4) is 0 Å². The largest absolute Gasteiger partial charge is 0.329 e. The van der Waals surface area contributed by atoms with E-state index in [0.29, 0.717) is 12.5 Å². The summed E-state index contributed by atoms with van der Waals surface area (Å²) in [5.74, 6) is 0.383. The highest BCUT2D eigenvalue weighted by Gasteiger charge is 2.23. The van der Waals surface area contributed by atoms with Crippen LogP contribution in [-0.2, 0) is 0 Å². The normalized spacial score (nSPS) is 20.9. The highest BCUT2D eigenvalue weighted by atomic mass is 35.5. The van der Waals surface area contributed by atoms with Crippen LogP contribution in [0.2, 0.25) is 5.02 Å². The van der Waals surface area contributed by atoms with Gasteiger partial charge >= 0.3 is 5.37 Å². The molecule has 0 radical (unpaired) electrons. The van der Waals surface area contributed by atoms with E-state index in [1.54, 1.807) is 4.90 Å². The summed E-state index contributed by atoms with van der Waals surface area (Å²) in [6, 6.07) is 7.82. The van der Waals surface area contributed by atoms with E-state index in [4.69, 9.17) is 23.2 Å². The van der Waals surface area contributed by atoms with Crippen LogP contribution in [0, 0.1) is 0 Å². The Morgan fingerprint density at radius 3 is 2.62 bits per heavy atom. The molecule has 1 unspecified atom stereocenters. The van der Waals surface area contributed by atoms with E-state index in [1.807, 2.05) is 24.3 Å². The number of nitrogens with zero attached hydrogens (tertiary/aromatic N) is 1. The lowest BCUT2D eigenvalue weighted by Crippen LogP contribution is -2.35. The Morgan fingerprint density at radius 2 is 2.00 bits per heavy atom. The van der Waals surface area contributed by atoms with Crippen LogP contribution in [0.15, 0.2) is 24.3 Å². The lowest BCUT2D eigenvalue weighted by Gasteiger charge is -2.31. The van der Waals surface area contributed by atoms with Crippen LogP contribution >= 0.6 is 23.2 Å². The first-order valence-electron chi connectivity index (χ1n) is 5.36. The number of halogens is 2. The molecule has 1 aliphatic heterocycles. The number of benzene rings is 1. The molecule has 2 nitrogen and oxygen atoms in total. The first kappa shape index (κ1) is 11.7. The molecule has 4 heteroatoms. The lowest BCUT2D eigenvalue weighted by atomic mass is 9.91. The fourth-order valence-corrected chi connectivity index (χ4v) is 2.42. The molecule has 16 heavy (non-hydrogen) atoms. The molecule has 0 aliphatic carbocycles. The van der Waals surface area contributed by atoms with Gasteiger partial charge in [-0.25, -0.2) is 0 Å². The van der Waals surface area contributed by atoms with Crippen LogP contribution in [0.1, 0.15) is 24.3 Å². The number of amides is 1. The number of hydrogen-bond acceptors (Lipinski definition) is 1. The molecule has 1 heterocycles. The summed E-state index contributed by atoms with van der Waals surface area (Å²) in [5.41, 5.74) is 1.23. The first-order valence-corrected chi connectivity index (χ1v) is 6.12. The molecule has 0 bridgehead atoms. The minimum Gasteiger partial charge on any atom is -0.329 e. The van der Waals surface area contributed by atoms with Crippen molar-refractivity contribution >= 4 is 28.6 Å². The van der Waals surface area contributed by atoms with Gasteiger partial charge in [-0.1, -0.05) is 23.7 Å². The van der Waals surface area contributed by atoms with Crippen molar-refractivity contribution in [1.82, 2.24) is 4.90 Å². The third-order valence-electron chi connectivity index (χ3n) is 3.01. The predicted octanol–water partition coefficient (Wildman–Crippen LogP) is 3.88. The second-order valence-electron chi connectivity index (χ2n) is 4.09. The summed E-state index contributed by atoms with van der Waals surface area (Å²) in [5, 5.41) is 0.392. The molecule has 1 fully saturated rings. The van der Waals surface area contributed by atoms with Crippen molar-refractivity contribution in [1.29, 1.82) is 0 Å². The molecule has 0 saturated carbocycles. The quantitative estimate of drug-likeness (QED) is 0.553. The standard InChI is InChI=1S/C12H13Cl2NO/c13-11-5-3-9(4-6-11)10-2-1-7-15(8-10)12(14)16/h3-6,10H,1-2,7-8H2. The Labute approximate surface area is 105 Å². The maximum atomic E-state index is 11.1. The summed E-state index contributed by atoms with van der Waals surface area (Å²) in [7, 11) is 0. The topological polar surface area (TPSA) is 20.3 Å². The molecule has 1 aromatic carbocycles. The predicted molar refractivity (Wildman–Crippen MR) is 66.2 cm³/mol. The van der Waals surface area contributed by atoms with E-state index < -0.39 is 0 Å². The van der Waals surface area contributed by atoms with Gasteiger partial charge in [-0.3, -0.25) is 4.79 Å². The number of hydrogen-bond donors (Lipinski definition) is 0. The van der Waals surface area contributed by atoms with E-state index >= 15 is 0 Å². The molecular formula is C12H13Cl2NO. The van der Waals surface area contributed by atoms with Gasteiger partial charge in [0.05, 0.1) is 0 Å². The number of piperidine rings is 1. The van der Waals surface area contributed by atoms with Gasteiger partial charge in [-0.05, 0) is 42.1 Å². The van der Waals surface area contributed by atoms with Crippen molar-refractivity contribution < 1.29 is 4.79 Å². The zero-order valence-electron chi connectivity index (χ0n) is 8.83. The third-order valence-corrected chi connectivity index (χ3v) is 3.50. The molecule has 0 spiro atoms. The zero-order chi connectivity index (χ0) is 11.5. The Bertz CT molecular complexity index is 377. The van der Waals surface area contributed by atoms with E-state index in [9.17, 15) is 4.79 Å². The van der Waals surface area contributed by atoms with Gasteiger partial charge in [-0.2, -0.15) is 0 Å². The lowest BCUT2D eigenvalue weighted by molar-refractivity contribution is 0.202. The maximum Gasteiger partial charge on any atom is 0.316 e. The first-order chi connectivity index (χ1) is 7.66. The Balaban J connectivity index is 2.09. The van der Waals surface area contributed by atoms with Crippen molar-refractivity contribution in [3.63, 3.8) is 0 Å². The Morgan fingerprint density at radius 1 is 1.31 bits per heavy atom. The van der Waals surface area contributed by atoms with Gasteiger partial charge in [0.25, 0.3) is 0 Å². The maximum absolute atomic E-state index is 11.1. The summed E-state index contributed by atoms with van der Waals surface area (Å²) in [6.07, 6.45) is 2.11. The molecule has 1 aromatic rings. The second-order valence-corrected chi connectivity index (χ2v) is 4.85. The average Bonchev–Trinajstić information content (AvgIpc) is 2.30. The number of carbonyl (C=O) groups is 1. The SMILES string of the molecule is O=C(Cl)N1CCCC(c2ccc(Cl)cc2)C1. The molecule has 1 amide bonds. The Kier molecular flexibility index (Phi) is 3.72. The van der Waals surface area contributed by atoms with E-state index in [-0.39, 0.29) is 5.37 Å². The van der Waals surface area contributed by atoms with E-state index in [0.717, 1.165) is 24.4 Å². The van der Waals surface area contributed by atoms with Crippen molar-refractivity contribution in [2.75, 3.05) is 13.1 Å². The molecule has 1 saturated heterocycles. The van der Waals surface area contributed by atoms with Crippen LogP contribution in [0.3, 0.4) is 0 Å². The molecular weight excluding hydrogens is 245 g/mol. The molecule has 86 valence electrons. The van der Waals surface area contributed by atoms with Crippen LogP contribution < -0.4 is 0 Å². The van der Waals surface area contributed by atoms with Crippen LogP contribution in [0.4, 0.5) is 4.79 Å². The number of carbonyl (C=O) groups excluding carboxylic acids is 1. The van der Waals surface area contributed by atoms with Crippen LogP contribution in [0.5, 0.6) is 0 Å². The fraction of sp³-hybridized carbons (Fsp3) is 0.417. The van der Waals surface area contributed by atoms with Crippen molar-refractivity contribution in [2.24, 2.45) is 0 Å². The second kappa shape index (κ2) is 5.07. The Hall–Kier alpha value is -0.730. The average molecular weight is 258 g/mol. The van der Waals surface area contributed by atoms with Crippen LogP contribution in [0.25, 0.3) is 0 Å². The summed E-state index contributed by atoms with van der Waals surface area (Å²) in [4.78, 5) is 12.8. The van der Waals surface area contributed by atoms with Gasteiger partial charge in [-0.15, -0.1) is 0 Å². The zero-order valence-corrected chi connectivity index (χ0v) is 10.3. The minimum atomic E-state index is -0.348. The van der Waals surface area contributed by atoms with Crippen molar-refractivity contribution in [3.05, 3.63) is 34.9 Å². The highest BCUT2D eigenvalue weighted by Crippen LogP contribution is 2.28. The highest BCUT2D eigenvalue weighted by molar-refractivity contribution is 6.62. The van der Waals surface area contributed by atoms with Gasteiger partial charge < -0.3 is 4.90 Å². The molecule has 0 N–H and O–H groups in total. The molecule has 1 aliphatic rings. The summed E-state index contributed by atoms with van der Waals surface area (Å²) < 4.78 is 0. The van der Waals surface area contributed by atoms with E-state index in [2.05, 4.69) is 0 Å². The number of likely N-dealkylation sites (tertiary alicyclic amines) is 1. The molecule has 2 rings (SSSR count). The molecule has 1 atom stereocenters. The third kappa shape index (κ3) is 2.69. The van der Waals surface area contributed by atoms with Crippen molar-refractivity contribution in [2.45, 2.75) is 18.8 Å². The van der Waals surface area contributed by atoms with Crippen LogP contribution in [-0.4, -0.2) is 23.4 Å². The van der Waals surface area contributed by atoms with Gasteiger partial charge in [0.15, 0.2) is 0 Å². The fourth-order valence-electron chi connectivity index (χ4n) is 2.14. The molecule has 0 aromatic heterocycles. The minimum absolute atomic E-state index is 0.348. The summed E-state index contributed by atoms with van der Waals surface area (Å²) in [6.45, 7) is 1.48.